The first-order valence-corrected chi connectivity index (χ1v) is 7.41. The van der Waals surface area contributed by atoms with Crippen LogP contribution in [0.4, 0.5) is 23.7 Å². The van der Waals surface area contributed by atoms with E-state index in [0.29, 0.717) is 25.0 Å². The van der Waals surface area contributed by atoms with E-state index in [4.69, 9.17) is 0 Å². The van der Waals surface area contributed by atoms with E-state index in [1.807, 2.05) is 0 Å². The minimum atomic E-state index is -1.65. The van der Waals surface area contributed by atoms with Gasteiger partial charge in [0.05, 0.1) is 0 Å². The van der Waals surface area contributed by atoms with E-state index in [1.54, 1.807) is 0 Å². The van der Waals surface area contributed by atoms with Crippen LogP contribution in [0, 0.1) is 17.5 Å². The van der Waals surface area contributed by atoms with E-state index in [9.17, 15) is 27.6 Å². The molecule has 0 unspecified atom stereocenters. The molecule has 0 aromatic heterocycles. The van der Waals surface area contributed by atoms with Gasteiger partial charge in [-0.05, 0) is 12.8 Å². The number of nitrogens with zero attached hydrogens (tertiary/aromatic N) is 1. The number of amides is 4. The summed E-state index contributed by atoms with van der Waals surface area (Å²) in [5.74, 6) is -5.85. The van der Waals surface area contributed by atoms with Crippen molar-refractivity contribution in [3.8, 4) is 0 Å². The van der Waals surface area contributed by atoms with E-state index in [2.05, 4.69) is 10.6 Å². The summed E-state index contributed by atoms with van der Waals surface area (Å²) in [6, 6.07) is 0.551. The summed E-state index contributed by atoms with van der Waals surface area (Å²) in [4.78, 5) is 37.0. The summed E-state index contributed by atoms with van der Waals surface area (Å²) in [7, 11) is 0. The number of carbonyl (C=O) groups is 3. The van der Waals surface area contributed by atoms with E-state index in [1.165, 1.54) is 0 Å². The highest BCUT2D eigenvalue weighted by Gasteiger charge is 2.52. The van der Waals surface area contributed by atoms with Crippen molar-refractivity contribution in [3.05, 3.63) is 29.6 Å². The topological polar surface area (TPSA) is 78.5 Å². The molecule has 1 spiro atoms. The predicted octanol–water partition coefficient (Wildman–Crippen LogP) is 1.91. The lowest BCUT2D eigenvalue weighted by Gasteiger charge is -2.19. The number of nitrogens with one attached hydrogen (secondary N) is 2. The molecule has 1 aromatic carbocycles. The summed E-state index contributed by atoms with van der Waals surface area (Å²) in [5, 5.41) is 4.75. The van der Waals surface area contributed by atoms with Crippen LogP contribution < -0.4 is 10.6 Å². The van der Waals surface area contributed by atoms with Gasteiger partial charge in [0.2, 0.25) is 5.91 Å². The van der Waals surface area contributed by atoms with Crippen LogP contribution in [-0.2, 0) is 9.59 Å². The van der Waals surface area contributed by atoms with Crippen molar-refractivity contribution < 1.29 is 27.6 Å². The second kappa shape index (κ2) is 5.81. The minimum absolute atomic E-state index is 0.306. The minimum Gasteiger partial charge on any atom is -0.324 e. The largest absolute Gasteiger partial charge is 0.325 e. The van der Waals surface area contributed by atoms with Gasteiger partial charge in [-0.1, -0.05) is 12.8 Å². The third kappa shape index (κ3) is 2.70. The molecule has 9 heteroatoms. The highest BCUT2D eigenvalue weighted by atomic mass is 19.2. The van der Waals surface area contributed by atoms with E-state index in [-0.39, 0.29) is 5.69 Å². The molecule has 24 heavy (non-hydrogen) atoms. The number of rotatable bonds is 3. The maximum Gasteiger partial charge on any atom is 0.325 e. The zero-order chi connectivity index (χ0) is 17.5. The Bertz CT molecular complexity index is 709. The fourth-order valence-corrected chi connectivity index (χ4v) is 3.11. The molecule has 4 amide bonds. The van der Waals surface area contributed by atoms with Crippen molar-refractivity contribution in [2.45, 2.75) is 31.2 Å². The Kier molecular flexibility index (Phi) is 3.94. The van der Waals surface area contributed by atoms with Crippen LogP contribution in [0.2, 0.25) is 0 Å². The van der Waals surface area contributed by atoms with Gasteiger partial charge in [0, 0.05) is 17.8 Å². The second-order valence-corrected chi connectivity index (χ2v) is 5.91. The Morgan fingerprint density at radius 3 is 2.33 bits per heavy atom. The second-order valence-electron chi connectivity index (χ2n) is 5.91. The van der Waals surface area contributed by atoms with Gasteiger partial charge < -0.3 is 10.6 Å². The number of benzene rings is 1. The molecule has 3 rings (SSSR count). The van der Waals surface area contributed by atoms with Crippen LogP contribution in [0.25, 0.3) is 0 Å². The maximum absolute atomic E-state index is 13.1. The highest BCUT2D eigenvalue weighted by Crippen LogP contribution is 2.34. The smallest absolute Gasteiger partial charge is 0.324 e. The molecular weight excluding hydrogens is 327 g/mol. The molecule has 0 atom stereocenters. The Hall–Kier alpha value is -2.58. The first kappa shape index (κ1) is 16.3. The summed E-state index contributed by atoms with van der Waals surface area (Å²) in [6.45, 7) is -0.590. The summed E-state index contributed by atoms with van der Waals surface area (Å²) in [5.41, 5.74) is -1.25. The molecule has 2 N–H and O–H groups in total. The van der Waals surface area contributed by atoms with Crippen molar-refractivity contribution in [3.63, 3.8) is 0 Å². The Morgan fingerprint density at radius 2 is 1.75 bits per heavy atom. The number of imide groups is 1. The number of halogens is 3. The van der Waals surface area contributed by atoms with Gasteiger partial charge in [0.15, 0.2) is 17.5 Å². The van der Waals surface area contributed by atoms with Crippen LogP contribution in [-0.4, -0.2) is 34.8 Å². The van der Waals surface area contributed by atoms with Gasteiger partial charge in [-0.2, -0.15) is 0 Å². The van der Waals surface area contributed by atoms with E-state index >= 15 is 0 Å². The average Bonchev–Trinajstić information content (AvgIpc) is 3.06. The number of hydrogen-bond donors (Lipinski definition) is 2. The summed E-state index contributed by atoms with van der Waals surface area (Å²) >= 11 is 0. The number of urea groups is 1. The van der Waals surface area contributed by atoms with E-state index < -0.39 is 47.4 Å². The predicted molar refractivity (Wildman–Crippen MR) is 76.4 cm³/mol. The molecule has 0 bridgehead atoms. The van der Waals surface area contributed by atoms with Gasteiger partial charge in [0.1, 0.15) is 12.1 Å². The van der Waals surface area contributed by atoms with Crippen LogP contribution in [0.15, 0.2) is 12.1 Å². The fourth-order valence-electron chi connectivity index (χ4n) is 3.11. The molecule has 1 heterocycles. The Labute approximate surface area is 135 Å². The first-order valence-electron chi connectivity index (χ1n) is 7.41. The molecule has 0 radical (unpaired) electrons. The normalized spacial score (nSPS) is 19.0. The molecule has 1 saturated carbocycles. The number of carbonyl (C=O) groups excluding carboxylic acids is 3. The lowest BCUT2D eigenvalue weighted by molar-refractivity contribution is -0.133. The average molecular weight is 341 g/mol. The van der Waals surface area contributed by atoms with Crippen LogP contribution in [0.3, 0.4) is 0 Å². The zero-order valence-corrected chi connectivity index (χ0v) is 12.5. The highest BCUT2D eigenvalue weighted by molar-refractivity contribution is 6.10. The number of anilines is 1. The molecular formula is C15H14F3N3O3. The van der Waals surface area contributed by atoms with Crippen molar-refractivity contribution in [1.82, 2.24) is 10.2 Å². The Morgan fingerprint density at radius 1 is 1.17 bits per heavy atom. The first-order chi connectivity index (χ1) is 11.3. The Balaban J connectivity index is 1.69. The van der Waals surface area contributed by atoms with Crippen molar-refractivity contribution in [2.24, 2.45) is 0 Å². The molecule has 1 aromatic rings. The monoisotopic (exact) mass is 341 g/mol. The number of hydrogen-bond acceptors (Lipinski definition) is 3. The van der Waals surface area contributed by atoms with Crippen molar-refractivity contribution in [2.75, 3.05) is 11.9 Å². The molecule has 6 nitrogen and oxygen atoms in total. The zero-order valence-electron chi connectivity index (χ0n) is 12.5. The maximum atomic E-state index is 13.1. The standard InChI is InChI=1S/C15H14F3N3O3/c16-9-5-8(6-10(17)12(9)18)19-11(22)7-21-13(23)15(20-14(21)24)3-1-2-4-15/h5-6H,1-4,7H2,(H,19,22)(H,20,24). The van der Waals surface area contributed by atoms with Crippen molar-refractivity contribution >= 4 is 23.5 Å². The van der Waals surface area contributed by atoms with Gasteiger partial charge in [0.25, 0.3) is 5.91 Å². The van der Waals surface area contributed by atoms with Gasteiger partial charge in [-0.25, -0.2) is 18.0 Å². The van der Waals surface area contributed by atoms with Crippen LogP contribution in [0.1, 0.15) is 25.7 Å². The molecule has 2 fully saturated rings. The van der Waals surface area contributed by atoms with Crippen LogP contribution >= 0.6 is 0 Å². The fraction of sp³-hybridized carbons (Fsp3) is 0.400. The van der Waals surface area contributed by atoms with Gasteiger partial charge >= 0.3 is 6.03 Å². The molecule has 128 valence electrons. The summed E-state index contributed by atoms with van der Waals surface area (Å²) in [6.07, 6.45) is 2.65. The van der Waals surface area contributed by atoms with Gasteiger partial charge in [-0.15, -0.1) is 0 Å². The molecule has 2 aliphatic rings. The molecule has 1 aliphatic carbocycles. The van der Waals surface area contributed by atoms with E-state index in [0.717, 1.165) is 17.7 Å². The SMILES string of the molecule is O=C(CN1C(=O)NC2(CCCC2)C1=O)Nc1cc(F)c(F)c(F)c1. The van der Waals surface area contributed by atoms with Crippen LogP contribution in [0.5, 0.6) is 0 Å². The quantitative estimate of drug-likeness (QED) is 0.651. The van der Waals surface area contributed by atoms with Gasteiger partial charge in [-0.3, -0.25) is 14.5 Å². The summed E-state index contributed by atoms with van der Waals surface area (Å²) < 4.78 is 39.1. The molecule has 1 aliphatic heterocycles. The molecule has 1 saturated heterocycles. The third-order valence-electron chi connectivity index (χ3n) is 4.27. The third-order valence-corrected chi connectivity index (χ3v) is 4.27. The lowest BCUT2D eigenvalue weighted by Crippen LogP contribution is -2.44. The van der Waals surface area contributed by atoms with Crippen molar-refractivity contribution in [1.29, 1.82) is 0 Å². The lowest BCUT2D eigenvalue weighted by atomic mass is 9.98.